The number of aliphatic hydroxyl groups is 1. The number of carbonyl (C=O) groups excluding carboxylic acids is 1. The van der Waals surface area contributed by atoms with Gasteiger partial charge in [-0.2, -0.15) is 0 Å². The minimum Gasteiger partial charge on any atom is -0.501 e. The molecule has 0 radical (unpaired) electrons. The van der Waals surface area contributed by atoms with Gasteiger partial charge in [0.1, 0.15) is 11.9 Å². The van der Waals surface area contributed by atoms with E-state index >= 15 is 0 Å². The normalized spacial score (nSPS) is 19.1. The van der Waals surface area contributed by atoms with E-state index in [0.717, 1.165) is 25.7 Å². The molecule has 1 aliphatic carbocycles. The summed E-state index contributed by atoms with van der Waals surface area (Å²) in [4.78, 5) is 22.0. The van der Waals surface area contributed by atoms with Gasteiger partial charge in [-0.15, -0.1) is 0 Å². The molecule has 0 spiro atoms. The molecule has 0 saturated carbocycles. The smallest absolute Gasteiger partial charge is 0.303 e. The van der Waals surface area contributed by atoms with Crippen LogP contribution in [0.2, 0.25) is 0 Å². The predicted octanol–water partition coefficient (Wildman–Crippen LogP) is 2.04. The van der Waals surface area contributed by atoms with Crippen molar-refractivity contribution < 1.29 is 24.5 Å². The number of ether oxygens (including phenoxy) is 1. The van der Waals surface area contributed by atoms with Crippen LogP contribution in [0, 0.1) is 0 Å². The maximum absolute atomic E-state index is 11.7. The van der Waals surface area contributed by atoms with Gasteiger partial charge in [-0.3, -0.25) is 9.59 Å². The summed E-state index contributed by atoms with van der Waals surface area (Å²) in [5.41, 5.74) is 0.625. The largest absolute Gasteiger partial charge is 0.501 e. The number of aliphatic hydroxyl groups excluding tert-OH is 1. The van der Waals surface area contributed by atoms with Crippen LogP contribution < -0.4 is 0 Å². The Kier molecular flexibility index (Phi) is 6.56. The van der Waals surface area contributed by atoms with E-state index in [9.17, 15) is 14.7 Å². The molecule has 0 aromatic heterocycles. The van der Waals surface area contributed by atoms with Crippen LogP contribution in [0.3, 0.4) is 0 Å². The number of methoxy groups -OCH3 is 1. The molecule has 0 amide bonds. The van der Waals surface area contributed by atoms with E-state index in [4.69, 9.17) is 9.84 Å². The first-order valence-corrected chi connectivity index (χ1v) is 6.76. The number of ketones is 1. The standard InChI is InChI=1S/C14H22O5/c1-19-12-9-11(15)14(18)10(12)7-5-3-2-4-6-8-13(16)17/h11,15H,2-9H2,1H3,(H,16,17). The minimum atomic E-state index is -0.930. The SMILES string of the molecule is COC1=C(CCCCCCCC(=O)O)C(=O)C(O)C1. The molecule has 0 aromatic rings. The van der Waals surface area contributed by atoms with E-state index < -0.39 is 12.1 Å². The number of carboxylic acids is 1. The molecule has 0 bridgehead atoms. The van der Waals surface area contributed by atoms with Gasteiger partial charge in [0.05, 0.1) is 7.11 Å². The molecule has 1 rings (SSSR count). The number of hydrogen-bond acceptors (Lipinski definition) is 4. The number of Topliss-reactive ketones (excluding diaryl/α,β-unsaturated/α-hetero) is 1. The van der Waals surface area contributed by atoms with Crippen molar-refractivity contribution in [2.75, 3.05) is 7.11 Å². The molecule has 1 atom stereocenters. The monoisotopic (exact) mass is 270 g/mol. The number of carboxylic acid groups (broad SMARTS) is 1. The summed E-state index contributed by atoms with van der Waals surface area (Å²) in [6.45, 7) is 0. The third kappa shape index (κ3) is 5.03. The second-order valence-corrected chi connectivity index (χ2v) is 4.85. The third-order valence-corrected chi connectivity index (χ3v) is 3.38. The lowest BCUT2D eigenvalue weighted by Gasteiger charge is -2.05. The Morgan fingerprint density at radius 3 is 2.53 bits per heavy atom. The Morgan fingerprint density at radius 1 is 1.26 bits per heavy atom. The molecule has 1 unspecified atom stereocenters. The maximum atomic E-state index is 11.7. The van der Waals surface area contributed by atoms with Crippen LogP contribution in [0.4, 0.5) is 0 Å². The summed E-state index contributed by atoms with van der Waals surface area (Å²) < 4.78 is 5.12. The van der Waals surface area contributed by atoms with Crippen molar-refractivity contribution in [1.82, 2.24) is 0 Å². The second kappa shape index (κ2) is 7.94. The molecule has 5 nitrogen and oxygen atoms in total. The lowest BCUT2D eigenvalue weighted by Crippen LogP contribution is -2.15. The zero-order chi connectivity index (χ0) is 14.3. The van der Waals surface area contributed by atoms with Gasteiger partial charge < -0.3 is 14.9 Å². The molecule has 0 saturated heterocycles. The molecule has 2 N–H and O–H groups in total. The Labute approximate surface area is 113 Å². The highest BCUT2D eigenvalue weighted by Gasteiger charge is 2.31. The zero-order valence-electron chi connectivity index (χ0n) is 11.4. The van der Waals surface area contributed by atoms with E-state index in [0.29, 0.717) is 30.6 Å². The Bertz CT molecular complexity index is 359. The van der Waals surface area contributed by atoms with Gasteiger partial charge in [0.15, 0.2) is 5.78 Å². The van der Waals surface area contributed by atoms with Crippen LogP contribution in [-0.4, -0.2) is 35.2 Å². The fourth-order valence-corrected chi connectivity index (χ4v) is 2.31. The Morgan fingerprint density at radius 2 is 1.89 bits per heavy atom. The lowest BCUT2D eigenvalue weighted by molar-refractivity contribution is -0.137. The average molecular weight is 270 g/mol. The van der Waals surface area contributed by atoms with E-state index in [2.05, 4.69) is 0 Å². The van der Waals surface area contributed by atoms with Crippen LogP contribution in [0.1, 0.15) is 51.4 Å². The summed E-state index contributed by atoms with van der Waals surface area (Å²) in [5.74, 6) is -0.341. The first-order valence-electron chi connectivity index (χ1n) is 6.76. The molecule has 108 valence electrons. The maximum Gasteiger partial charge on any atom is 0.303 e. The molecular formula is C14H22O5. The first kappa shape index (κ1) is 15.7. The zero-order valence-corrected chi connectivity index (χ0v) is 11.4. The first-order chi connectivity index (χ1) is 9.06. The Hall–Kier alpha value is -1.36. The fourth-order valence-electron chi connectivity index (χ4n) is 2.31. The van der Waals surface area contributed by atoms with Crippen LogP contribution in [-0.2, 0) is 14.3 Å². The number of aliphatic carboxylic acids is 1. The molecule has 5 heteroatoms. The van der Waals surface area contributed by atoms with Gasteiger partial charge >= 0.3 is 5.97 Å². The summed E-state index contributed by atoms with van der Waals surface area (Å²) in [6.07, 6.45) is 4.64. The van der Waals surface area contributed by atoms with Crippen molar-refractivity contribution >= 4 is 11.8 Å². The van der Waals surface area contributed by atoms with E-state index in [1.54, 1.807) is 0 Å². The summed E-state index contributed by atoms with van der Waals surface area (Å²) >= 11 is 0. The van der Waals surface area contributed by atoms with E-state index in [1.165, 1.54) is 7.11 Å². The quantitative estimate of drug-likeness (QED) is 0.626. The molecule has 0 aliphatic heterocycles. The second-order valence-electron chi connectivity index (χ2n) is 4.85. The fraction of sp³-hybridized carbons (Fsp3) is 0.714. The van der Waals surface area contributed by atoms with E-state index in [-0.39, 0.29) is 12.2 Å². The van der Waals surface area contributed by atoms with E-state index in [1.807, 2.05) is 0 Å². The molecule has 0 heterocycles. The van der Waals surface area contributed by atoms with Crippen molar-refractivity contribution in [3.63, 3.8) is 0 Å². The highest BCUT2D eigenvalue weighted by Crippen LogP contribution is 2.28. The lowest BCUT2D eigenvalue weighted by atomic mass is 10.0. The summed E-state index contributed by atoms with van der Waals surface area (Å²) in [5, 5.41) is 18.0. The predicted molar refractivity (Wildman–Crippen MR) is 69.6 cm³/mol. The van der Waals surface area contributed by atoms with Crippen molar-refractivity contribution in [2.45, 2.75) is 57.5 Å². The molecule has 0 fully saturated rings. The molecule has 1 aliphatic rings. The van der Waals surface area contributed by atoms with Gasteiger partial charge in [-0.1, -0.05) is 19.3 Å². The number of hydrogen-bond donors (Lipinski definition) is 2. The van der Waals surface area contributed by atoms with Crippen LogP contribution in [0.25, 0.3) is 0 Å². The summed E-state index contributed by atoms with van der Waals surface area (Å²) in [7, 11) is 1.52. The summed E-state index contributed by atoms with van der Waals surface area (Å²) in [6, 6.07) is 0. The number of rotatable bonds is 9. The minimum absolute atomic E-state index is 0.206. The van der Waals surface area contributed by atoms with Gasteiger partial charge in [-0.25, -0.2) is 0 Å². The number of carbonyl (C=O) groups is 2. The average Bonchev–Trinajstić information content (AvgIpc) is 2.64. The van der Waals surface area contributed by atoms with Gasteiger partial charge in [0.25, 0.3) is 0 Å². The van der Waals surface area contributed by atoms with Crippen LogP contribution in [0.15, 0.2) is 11.3 Å². The topological polar surface area (TPSA) is 83.8 Å². The highest BCUT2D eigenvalue weighted by molar-refractivity contribution is 6.01. The number of unbranched alkanes of at least 4 members (excludes halogenated alkanes) is 4. The van der Waals surface area contributed by atoms with Crippen molar-refractivity contribution in [3.8, 4) is 0 Å². The van der Waals surface area contributed by atoms with Gasteiger partial charge in [-0.05, 0) is 19.3 Å². The highest BCUT2D eigenvalue weighted by atomic mass is 16.5. The van der Waals surface area contributed by atoms with Gasteiger partial charge in [0.2, 0.25) is 0 Å². The van der Waals surface area contributed by atoms with Crippen LogP contribution in [0.5, 0.6) is 0 Å². The Balaban J connectivity index is 2.18. The molecular weight excluding hydrogens is 248 g/mol. The molecule has 0 aromatic carbocycles. The van der Waals surface area contributed by atoms with Crippen molar-refractivity contribution in [1.29, 1.82) is 0 Å². The van der Waals surface area contributed by atoms with Crippen molar-refractivity contribution in [3.05, 3.63) is 11.3 Å². The van der Waals surface area contributed by atoms with Gasteiger partial charge in [0, 0.05) is 18.4 Å². The van der Waals surface area contributed by atoms with Crippen molar-refractivity contribution in [2.24, 2.45) is 0 Å². The molecule has 19 heavy (non-hydrogen) atoms. The third-order valence-electron chi connectivity index (χ3n) is 3.38. The van der Waals surface area contributed by atoms with Crippen LogP contribution >= 0.6 is 0 Å².